The van der Waals surface area contributed by atoms with Gasteiger partial charge in [-0.1, -0.05) is 17.7 Å². The minimum absolute atomic E-state index is 0.00642. The predicted octanol–water partition coefficient (Wildman–Crippen LogP) is 2.07. The molecule has 0 saturated carbocycles. The molecule has 1 aromatic carbocycles. The Kier molecular flexibility index (Phi) is 3.34. The monoisotopic (exact) mass is 263 g/mol. The second-order valence-electron chi connectivity index (χ2n) is 4.08. The third-order valence-corrected chi connectivity index (χ3v) is 4.22. The summed E-state index contributed by atoms with van der Waals surface area (Å²) in [6, 6.07) is 7.97. The molecular weight excluding hydrogens is 250 g/mol. The molecule has 5 heteroatoms. The highest BCUT2D eigenvalue weighted by molar-refractivity contribution is 7.90. The first-order valence-corrected chi connectivity index (χ1v) is 7.05. The summed E-state index contributed by atoms with van der Waals surface area (Å²) in [4.78, 5) is 3.95. The van der Waals surface area contributed by atoms with Crippen LogP contribution in [-0.4, -0.2) is 18.5 Å². The Balaban J connectivity index is 2.37. The van der Waals surface area contributed by atoms with Gasteiger partial charge < -0.3 is 5.11 Å². The smallest absolute Gasteiger partial charge is 0.184 e. The highest BCUT2D eigenvalue weighted by atomic mass is 32.2. The molecule has 0 aliphatic rings. The lowest BCUT2D eigenvalue weighted by atomic mass is 10.1. The first kappa shape index (κ1) is 12.6. The van der Waals surface area contributed by atoms with Crippen LogP contribution in [0.4, 0.5) is 0 Å². The van der Waals surface area contributed by atoms with E-state index in [2.05, 4.69) is 4.98 Å². The van der Waals surface area contributed by atoms with Crippen molar-refractivity contribution in [3.63, 3.8) is 0 Å². The third-order valence-electron chi connectivity index (χ3n) is 2.57. The van der Waals surface area contributed by atoms with Crippen LogP contribution >= 0.6 is 0 Å². The first-order chi connectivity index (χ1) is 8.49. The molecular formula is C13H13NO3S. The van der Waals surface area contributed by atoms with Gasteiger partial charge in [0.25, 0.3) is 0 Å². The lowest BCUT2D eigenvalue weighted by Crippen LogP contribution is -2.05. The highest BCUT2D eigenvalue weighted by Crippen LogP contribution is 2.23. The number of nitrogens with zero attached hydrogens (tertiary/aromatic N) is 1. The van der Waals surface area contributed by atoms with Crippen LogP contribution in [0, 0.1) is 6.92 Å². The second-order valence-corrected chi connectivity index (χ2v) is 6.07. The molecule has 0 atom stereocenters. The molecule has 2 rings (SSSR count). The molecule has 18 heavy (non-hydrogen) atoms. The van der Waals surface area contributed by atoms with Crippen molar-refractivity contribution >= 4 is 9.84 Å². The summed E-state index contributed by atoms with van der Waals surface area (Å²) in [5, 5.41) is 9.67. The number of hydrogen-bond donors (Lipinski definition) is 1. The van der Waals surface area contributed by atoms with Crippen molar-refractivity contribution in [2.45, 2.75) is 17.6 Å². The molecule has 0 fully saturated rings. The molecule has 1 N–H and O–H groups in total. The van der Waals surface area contributed by atoms with Crippen LogP contribution in [0.15, 0.2) is 47.6 Å². The number of benzene rings is 1. The fraction of sp³-hybridized carbons (Fsp3) is 0.154. The Bertz CT molecular complexity index is 651. The van der Waals surface area contributed by atoms with Gasteiger partial charge in [-0.3, -0.25) is 4.98 Å². The highest BCUT2D eigenvalue weighted by Gasteiger charge is 2.17. The van der Waals surface area contributed by atoms with E-state index in [1.54, 1.807) is 18.2 Å². The van der Waals surface area contributed by atoms with Gasteiger partial charge in [-0.2, -0.15) is 0 Å². The number of aryl methyl sites for hydroxylation is 1. The Labute approximate surface area is 106 Å². The fourth-order valence-corrected chi connectivity index (χ4v) is 2.96. The molecule has 0 aliphatic heterocycles. The number of aromatic hydroxyl groups is 1. The predicted molar refractivity (Wildman–Crippen MR) is 68.0 cm³/mol. The molecule has 0 spiro atoms. The number of sulfone groups is 1. The standard InChI is InChI=1S/C13H13NO3S/c1-10-4-5-13(15)11(7-10)9-18(16,17)12-3-2-6-14-8-12/h2-8,15H,9H2,1H3. The average Bonchev–Trinajstić information content (AvgIpc) is 2.35. The summed E-state index contributed by atoms with van der Waals surface area (Å²) >= 11 is 0. The maximum absolute atomic E-state index is 12.1. The zero-order chi connectivity index (χ0) is 13.2. The largest absolute Gasteiger partial charge is 0.508 e. The summed E-state index contributed by atoms with van der Waals surface area (Å²) in [5.74, 6) is -0.236. The van der Waals surface area contributed by atoms with Crippen molar-refractivity contribution < 1.29 is 13.5 Å². The van der Waals surface area contributed by atoms with Crippen molar-refractivity contribution in [2.75, 3.05) is 0 Å². The van der Waals surface area contributed by atoms with E-state index in [9.17, 15) is 13.5 Å². The maximum Gasteiger partial charge on any atom is 0.184 e. The molecule has 2 aromatic rings. The number of phenols is 1. The van der Waals surface area contributed by atoms with E-state index in [0.717, 1.165) is 5.56 Å². The second kappa shape index (κ2) is 4.78. The SMILES string of the molecule is Cc1ccc(O)c(CS(=O)(=O)c2cccnc2)c1. The Morgan fingerprint density at radius 3 is 2.72 bits per heavy atom. The summed E-state index contributed by atoms with van der Waals surface area (Å²) < 4.78 is 24.2. The number of pyridine rings is 1. The van der Waals surface area contributed by atoms with Crippen LogP contribution in [0.1, 0.15) is 11.1 Å². The average molecular weight is 263 g/mol. The van der Waals surface area contributed by atoms with Crippen LogP contribution in [0.25, 0.3) is 0 Å². The Morgan fingerprint density at radius 1 is 1.28 bits per heavy atom. The number of aromatic nitrogens is 1. The van der Waals surface area contributed by atoms with E-state index in [0.29, 0.717) is 5.56 Å². The van der Waals surface area contributed by atoms with Crippen molar-refractivity contribution in [3.05, 3.63) is 53.9 Å². The van der Waals surface area contributed by atoms with E-state index in [4.69, 9.17) is 0 Å². The molecule has 0 bridgehead atoms. The van der Waals surface area contributed by atoms with Gasteiger partial charge in [0.15, 0.2) is 9.84 Å². The van der Waals surface area contributed by atoms with E-state index in [1.165, 1.54) is 24.5 Å². The Hall–Kier alpha value is -1.88. The summed E-state index contributed by atoms with van der Waals surface area (Å²) in [6.45, 7) is 1.85. The van der Waals surface area contributed by atoms with E-state index >= 15 is 0 Å². The van der Waals surface area contributed by atoms with Crippen LogP contribution in [-0.2, 0) is 15.6 Å². The fourth-order valence-electron chi connectivity index (χ4n) is 1.65. The van der Waals surface area contributed by atoms with Crippen molar-refractivity contribution in [1.29, 1.82) is 0 Å². The van der Waals surface area contributed by atoms with Crippen LogP contribution in [0.3, 0.4) is 0 Å². The van der Waals surface area contributed by atoms with Gasteiger partial charge in [-0.15, -0.1) is 0 Å². The van der Waals surface area contributed by atoms with Gasteiger partial charge in [-0.05, 0) is 25.1 Å². The first-order valence-electron chi connectivity index (χ1n) is 5.40. The van der Waals surface area contributed by atoms with E-state index < -0.39 is 9.84 Å². The molecule has 94 valence electrons. The molecule has 1 heterocycles. The van der Waals surface area contributed by atoms with Crippen LogP contribution in [0.5, 0.6) is 5.75 Å². The third kappa shape index (κ3) is 2.68. The maximum atomic E-state index is 12.1. The minimum Gasteiger partial charge on any atom is -0.508 e. The van der Waals surface area contributed by atoms with Gasteiger partial charge in [0.05, 0.1) is 10.6 Å². The molecule has 4 nitrogen and oxygen atoms in total. The summed E-state index contributed by atoms with van der Waals surface area (Å²) in [7, 11) is -3.48. The normalized spacial score (nSPS) is 11.4. The van der Waals surface area contributed by atoms with Gasteiger partial charge in [-0.25, -0.2) is 8.42 Å². The molecule has 1 aromatic heterocycles. The lowest BCUT2D eigenvalue weighted by Gasteiger charge is -2.07. The van der Waals surface area contributed by atoms with Gasteiger partial charge in [0.2, 0.25) is 0 Å². The number of phenolic OH excluding ortho intramolecular Hbond substituents is 1. The summed E-state index contributed by atoms with van der Waals surface area (Å²) in [5.41, 5.74) is 1.31. The van der Waals surface area contributed by atoms with Crippen molar-refractivity contribution in [3.8, 4) is 5.75 Å². The van der Waals surface area contributed by atoms with Crippen LogP contribution < -0.4 is 0 Å². The Morgan fingerprint density at radius 2 is 2.06 bits per heavy atom. The van der Waals surface area contributed by atoms with Gasteiger partial charge in [0, 0.05) is 18.0 Å². The minimum atomic E-state index is -3.48. The van der Waals surface area contributed by atoms with Gasteiger partial charge >= 0.3 is 0 Å². The van der Waals surface area contributed by atoms with Crippen molar-refractivity contribution in [2.24, 2.45) is 0 Å². The van der Waals surface area contributed by atoms with Gasteiger partial charge in [0.1, 0.15) is 5.75 Å². The van der Waals surface area contributed by atoms with E-state index in [1.807, 2.05) is 6.92 Å². The molecule has 0 unspecified atom stereocenters. The quantitative estimate of drug-likeness (QED) is 0.920. The topological polar surface area (TPSA) is 67.3 Å². The zero-order valence-electron chi connectivity index (χ0n) is 9.87. The molecule has 0 saturated heterocycles. The number of hydrogen-bond acceptors (Lipinski definition) is 4. The van der Waals surface area contributed by atoms with E-state index in [-0.39, 0.29) is 16.4 Å². The molecule has 0 aliphatic carbocycles. The van der Waals surface area contributed by atoms with Crippen molar-refractivity contribution in [1.82, 2.24) is 4.98 Å². The molecule has 0 radical (unpaired) electrons. The lowest BCUT2D eigenvalue weighted by molar-refractivity contribution is 0.469. The number of rotatable bonds is 3. The summed E-state index contributed by atoms with van der Waals surface area (Å²) in [6.07, 6.45) is 2.82. The molecule has 0 amide bonds. The van der Waals surface area contributed by atoms with Crippen LogP contribution in [0.2, 0.25) is 0 Å². The zero-order valence-corrected chi connectivity index (χ0v) is 10.7.